The molecule has 1 saturated carbocycles. The van der Waals surface area contributed by atoms with Crippen LogP contribution in [-0.4, -0.2) is 39.1 Å². The number of nitrogens with zero attached hydrogens (tertiary/aromatic N) is 4. The maximum absolute atomic E-state index is 12.3. The van der Waals surface area contributed by atoms with Crippen molar-refractivity contribution in [1.82, 2.24) is 20.1 Å². The zero-order valence-corrected chi connectivity index (χ0v) is 18.0. The van der Waals surface area contributed by atoms with Crippen molar-refractivity contribution in [3.63, 3.8) is 0 Å². The van der Waals surface area contributed by atoms with E-state index in [4.69, 9.17) is 17.3 Å². The Balaban J connectivity index is 1.20. The predicted octanol–water partition coefficient (Wildman–Crippen LogP) is 3.97. The van der Waals surface area contributed by atoms with Gasteiger partial charge in [0.15, 0.2) is 0 Å². The molecular formula is C20H27ClN6OS. The SMILES string of the molecule is Nc1nnc(NC(=O)CC2CCC3(CC2)CCN(Cc2ccc(Cl)cn2)CC3)s1. The molecule has 3 heterocycles. The molecule has 0 atom stereocenters. The van der Waals surface area contributed by atoms with E-state index in [-0.39, 0.29) is 5.91 Å². The molecule has 4 rings (SSSR count). The molecule has 2 aliphatic rings. The number of carbonyl (C=O) groups excluding carboxylic acids is 1. The van der Waals surface area contributed by atoms with Gasteiger partial charge in [-0.15, -0.1) is 10.2 Å². The molecule has 0 unspecified atom stereocenters. The summed E-state index contributed by atoms with van der Waals surface area (Å²) in [5.74, 6) is 0.481. The van der Waals surface area contributed by atoms with E-state index in [0.29, 0.717) is 33.0 Å². The first-order valence-corrected chi connectivity index (χ1v) is 11.4. The Morgan fingerprint density at radius 1 is 1.24 bits per heavy atom. The fourth-order valence-electron chi connectivity index (χ4n) is 4.63. The summed E-state index contributed by atoms with van der Waals surface area (Å²) >= 11 is 7.13. The van der Waals surface area contributed by atoms with Gasteiger partial charge in [0.25, 0.3) is 0 Å². The van der Waals surface area contributed by atoms with Gasteiger partial charge in [-0.05, 0) is 75.1 Å². The molecule has 1 aliphatic heterocycles. The van der Waals surface area contributed by atoms with Crippen LogP contribution in [0.2, 0.25) is 5.02 Å². The fourth-order valence-corrected chi connectivity index (χ4v) is 5.26. The average Bonchev–Trinajstić information content (AvgIpc) is 3.12. The van der Waals surface area contributed by atoms with E-state index in [0.717, 1.165) is 38.2 Å². The number of likely N-dealkylation sites (tertiary alicyclic amines) is 1. The summed E-state index contributed by atoms with van der Waals surface area (Å²) in [6.45, 7) is 3.13. The number of rotatable bonds is 5. The van der Waals surface area contributed by atoms with Crippen molar-refractivity contribution in [2.24, 2.45) is 11.3 Å². The molecule has 0 radical (unpaired) electrons. The Morgan fingerprint density at radius 3 is 2.62 bits per heavy atom. The number of hydrogen-bond donors (Lipinski definition) is 2. The summed E-state index contributed by atoms with van der Waals surface area (Å²) in [5, 5.41) is 11.9. The number of nitrogens with two attached hydrogens (primary N) is 1. The minimum Gasteiger partial charge on any atom is -0.374 e. The molecule has 2 aromatic heterocycles. The third-order valence-corrected chi connectivity index (χ3v) is 7.31. The Hall–Kier alpha value is -1.77. The number of piperidine rings is 1. The van der Waals surface area contributed by atoms with Crippen LogP contribution in [0.4, 0.5) is 10.3 Å². The minimum atomic E-state index is 0.0207. The second-order valence-corrected chi connectivity index (χ2v) is 9.83. The smallest absolute Gasteiger partial charge is 0.226 e. The number of amides is 1. The van der Waals surface area contributed by atoms with E-state index in [1.807, 2.05) is 12.1 Å². The highest BCUT2D eigenvalue weighted by molar-refractivity contribution is 7.18. The number of halogens is 1. The highest BCUT2D eigenvalue weighted by atomic mass is 35.5. The molecule has 1 amide bonds. The third-order valence-electron chi connectivity index (χ3n) is 6.42. The molecule has 2 aromatic rings. The topological polar surface area (TPSA) is 97.0 Å². The van der Waals surface area contributed by atoms with Crippen molar-refractivity contribution >= 4 is 39.1 Å². The summed E-state index contributed by atoms with van der Waals surface area (Å²) in [7, 11) is 0. The molecule has 3 N–H and O–H groups in total. The van der Waals surface area contributed by atoms with Crippen LogP contribution in [0.15, 0.2) is 18.3 Å². The maximum atomic E-state index is 12.3. The Morgan fingerprint density at radius 2 is 2.00 bits per heavy atom. The number of nitrogen functional groups attached to an aromatic ring is 1. The molecule has 29 heavy (non-hydrogen) atoms. The summed E-state index contributed by atoms with van der Waals surface area (Å²) in [6.07, 6.45) is 9.47. The summed E-state index contributed by atoms with van der Waals surface area (Å²) in [4.78, 5) is 19.2. The molecule has 1 spiro atoms. The van der Waals surface area contributed by atoms with E-state index in [9.17, 15) is 4.79 Å². The second kappa shape index (κ2) is 8.93. The van der Waals surface area contributed by atoms with Crippen LogP contribution in [0.3, 0.4) is 0 Å². The second-order valence-electron chi connectivity index (χ2n) is 8.39. The molecule has 1 aliphatic carbocycles. The first-order chi connectivity index (χ1) is 14.0. The maximum Gasteiger partial charge on any atom is 0.226 e. The fraction of sp³-hybridized carbons (Fsp3) is 0.600. The third kappa shape index (κ3) is 5.43. The zero-order chi connectivity index (χ0) is 20.3. The predicted molar refractivity (Wildman–Crippen MR) is 116 cm³/mol. The quantitative estimate of drug-likeness (QED) is 0.738. The van der Waals surface area contributed by atoms with E-state index in [1.165, 1.54) is 37.0 Å². The van der Waals surface area contributed by atoms with E-state index >= 15 is 0 Å². The minimum absolute atomic E-state index is 0.0207. The lowest BCUT2D eigenvalue weighted by Gasteiger charge is -2.46. The van der Waals surface area contributed by atoms with Crippen molar-refractivity contribution < 1.29 is 4.79 Å². The van der Waals surface area contributed by atoms with E-state index < -0.39 is 0 Å². The lowest BCUT2D eigenvalue weighted by molar-refractivity contribution is -0.117. The van der Waals surface area contributed by atoms with Gasteiger partial charge in [-0.3, -0.25) is 14.7 Å². The highest BCUT2D eigenvalue weighted by Crippen LogP contribution is 2.47. The molecule has 0 aromatic carbocycles. The number of aromatic nitrogens is 3. The normalized spacial score (nSPS) is 20.0. The van der Waals surface area contributed by atoms with Gasteiger partial charge < -0.3 is 11.1 Å². The van der Waals surface area contributed by atoms with Crippen molar-refractivity contribution in [3.8, 4) is 0 Å². The van der Waals surface area contributed by atoms with E-state index in [2.05, 4.69) is 25.4 Å². The lowest BCUT2D eigenvalue weighted by atomic mass is 9.65. The van der Waals surface area contributed by atoms with Crippen LogP contribution in [0, 0.1) is 11.3 Å². The van der Waals surface area contributed by atoms with Gasteiger partial charge in [0.1, 0.15) is 0 Å². The molecule has 1 saturated heterocycles. The monoisotopic (exact) mass is 434 g/mol. The Kier molecular flexibility index (Phi) is 6.32. The average molecular weight is 435 g/mol. The molecule has 7 nitrogen and oxygen atoms in total. The number of hydrogen-bond acceptors (Lipinski definition) is 7. The highest BCUT2D eigenvalue weighted by Gasteiger charge is 2.38. The van der Waals surface area contributed by atoms with Gasteiger partial charge >= 0.3 is 0 Å². The molecular weight excluding hydrogens is 408 g/mol. The van der Waals surface area contributed by atoms with Gasteiger partial charge in [0, 0.05) is 19.2 Å². The molecule has 9 heteroatoms. The van der Waals surface area contributed by atoms with Gasteiger partial charge in [0.2, 0.25) is 16.2 Å². The van der Waals surface area contributed by atoms with Crippen molar-refractivity contribution in [2.45, 2.75) is 51.5 Å². The van der Waals surface area contributed by atoms with Crippen LogP contribution < -0.4 is 11.1 Å². The molecule has 156 valence electrons. The first kappa shape index (κ1) is 20.5. The standard InChI is InChI=1S/C20H27ClN6OS/c21-15-1-2-16(23-12-15)13-27-9-7-20(8-10-27)5-3-14(4-6-20)11-17(28)24-19-26-25-18(22)29-19/h1-2,12,14H,3-11,13H2,(H2,22,25)(H,24,26,28). The van der Waals surface area contributed by atoms with Crippen LogP contribution in [-0.2, 0) is 11.3 Å². The van der Waals surface area contributed by atoms with Gasteiger partial charge in [-0.25, -0.2) is 0 Å². The largest absolute Gasteiger partial charge is 0.374 e. The summed E-state index contributed by atoms with van der Waals surface area (Å²) in [6, 6.07) is 3.92. The Bertz CT molecular complexity index is 824. The van der Waals surface area contributed by atoms with Crippen molar-refractivity contribution in [3.05, 3.63) is 29.0 Å². The van der Waals surface area contributed by atoms with Crippen LogP contribution >= 0.6 is 22.9 Å². The van der Waals surface area contributed by atoms with Crippen LogP contribution in [0.25, 0.3) is 0 Å². The zero-order valence-electron chi connectivity index (χ0n) is 16.4. The summed E-state index contributed by atoms with van der Waals surface area (Å²) < 4.78 is 0. The lowest BCUT2D eigenvalue weighted by Crippen LogP contribution is -2.41. The molecule has 2 fully saturated rings. The van der Waals surface area contributed by atoms with Gasteiger partial charge in [0.05, 0.1) is 10.7 Å². The number of nitrogens with one attached hydrogen (secondary N) is 1. The van der Waals surface area contributed by atoms with Gasteiger partial charge in [-0.2, -0.15) is 0 Å². The number of carbonyl (C=O) groups is 1. The van der Waals surface area contributed by atoms with Crippen molar-refractivity contribution in [1.29, 1.82) is 0 Å². The van der Waals surface area contributed by atoms with E-state index in [1.54, 1.807) is 6.20 Å². The number of pyridine rings is 1. The van der Waals surface area contributed by atoms with Gasteiger partial charge in [-0.1, -0.05) is 22.9 Å². The van der Waals surface area contributed by atoms with Crippen molar-refractivity contribution in [2.75, 3.05) is 24.1 Å². The summed E-state index contributed by atoms with van der Waals surface area (Å²) in [5.41, 5.74) is 7.10. The molecule has 0 bridgehead atoms. The van der Waals surface area contributed by atoms with Crippen LogP contribution in [0.1, 0.15) is 50.6 Å². The number of anilines is 2. The van der Waals surface area contributed by atoms with Crippen LogP contribution in [0.5, 0.6) is 0 Å². The Labute approximate surface area is 180 Å². The first-order valence-electron chi connectivity index (χ1n) is 10.2.